The molecule has 3 aromatic rings. The van der Waals surface area contributed by atoms with Crippen LogP contribution in [0.25, 0.3) is 16.9 Å². The van der Waals surface area contributed by atoms with Crippen LogP contribution in [-0.2, 0) is 11.2 Å². The normalized spacial score (nSPS) is 11.7. The maximum absolute atomic E-state index is 12.2. The predicted molar refractivity (Wildman–Crippen MR) is 105 cm³/mol. The standard InChI is InChI=1S/C20H22BrN3O/c1-20(2,3)23-18(25)12-11-16-19(14-7-9-15(21)10-8-14)22-17-6-4-5-13-24(16)17/h4-10,13H,11-12H2,1-3H3,(H,23,25). The Morgan fingerprint density at radius 1 is 1.16 bits per heavy atom. The zero-order valence-corrected chi connectivity index (χ0v) is 16.3. The largest absolute Gasteiger partial charge is 0.351 e. The van der Waals surface area contributed by atoms with Crippen molar-refractivity contribution in [2.75, 3.05) is 0 Å². The number of carbonyl (C=O) groups is 1. The van der Waals surface area contributed by atoms with E-state index in [0.717, 1.165) is 27.1 Å². The Kier molecular flexibility index (Phi) is 4.95. The highest BCUT2D eigenvalue weighted by Crippen LogP contribution is 2.27. The van der Waals surface area contributed by atoms with Crippen molar-refractivity contribution < 1.29 is 4.79 Å². The minimum Gasteiger partial charge on any atom is -0.351 e. The maximum atomic E-state index is 12.2. The molecule has 0 saturated heterocycles. The molecule has 1 aromatic carbocycles. The Bertz CT molecular complexity index is 891. The third-order valence-electron chi connectivity index (χ3n) is 3.85. The monoisotopic (exact) mass is 399 g/mol. The van der Waals surface area contributed by atoms with E-state index in [-0.39, 0.29) is 11.4 Å². The Morgan fingerprint density at radius 2 is 1.88 bits per heavy atom. The lowest BCUT2D eigenvalue weighted by Crippen LogP contribution is -2.40. The summed E-state index contributed by atoms with van der Waals surface area (Å²) in [7, 11) is 0. The van der Waals surface area contributed by atoms with Gasteiger partial charge in [0, 0.05) is 28.2 Å². The van der Waals surface area contributed by atoms with Crippen LogP contribution in [0, 0.1) is 0 Å². The highest BCUT2D eigenvalue weighted by Gasteiger charge is 2.17. The first-order valence-corrected chi connectivity index (χ1v) is 9.16. The maximum Gasteiger partial charge on any atom is 0.220 e. The van der Waals surface area contributed by atoms with E-state index in [0.29, 0.717) is 12.8 Å². The molecule has 0 aliphatic carbocycles. The van der Waals surface area contributed by atoms with Crippen LogP contribution in [0.3, 0.4) is 0 Å². The molecule has 0 aliphatic rings. The fourth-order valence-corrected chi connectivity index (χ4v) is 3.10. The van der Waals surface area contributed by atoms with Crippen LogP contribution in [-0.4, -0.2) is 20.8 Å². The van der Waals surface area contributed by atoms with Crippen molar-refractivity contribution in [3.63, 3.8) is 0 Å². The van der Waals surface area contributed by atoms with E-state index in [1.54, 1.807) is 0 Å². The molecule has 0 atom stereocenters. The summed E-state index contributed by atoms with van der Waals surface area (Å²) >= 11 is 3.47. The number of aryl methyl sites for hydroxylation is 1. The number of benzene rings is 1. The van der Waals surface area contributed by atoms with E-state index >= 15 is 0 Å². The van der Waals surface area contributed by atoms with Gasteiger partial charge in [-0.2, -0.15) is 0 Å². The minimum atomic E-state index is -0.217. The van der Waals surface area contributed by atoms with Crippen LogP contribution in [0.1, 0.15) is 32.9 Å². The second kappa shape index (κ2) is 7.00. The SMILES string of the molecule is CC(C)(C)NC(=O)CCc1c(-c2ccc(Br)cc2)nc2ccccn12. The molecule has 0 aliphatic heterocycles. The second-order valence-corrected chi connectivity index (χ2v) is 8.06. The van der Waals surface area contributed by atoms with Crippen molar-refractivity contribution >= 4 is 27.5 Å². The average molecular weight is 400 g/mol. The topological polar surface area (TPSA) is 46.4 Å². The lowest BCUT2D eigenvalue weighted by molar-refractivity contribution is -0.122. The van der Waals surface area contributed by atoms with Crippen molar-refractivity contribution in [1.29, 1.82) is 0 Å². The molecule has 25 heavy (non-hydrogen) atoms. The Hall–Kier alpha value is -2.14. The first kappa shape index (κ1) is 17.7. The Labute approximate surface area is 156 Å². The Balaban J connectivity index is 1.94. The molecule has 0 fully saturated rings. The van der Waals surface area contributed by atoms with E-state index in [1.165, 1.54) is 0 Å². The number of halogens is 1. The third-order valence-corrected chi connectivity index (χ3v) is 4.38. The van der Waals surface area contributed by atoms with Gasteiger partial charge in [0.25, 0.3) is 0 Å². The van der Waals surface area contributed by atoms with Crippen molar-refractivity contribution in [2.45, 2.75) is 39.2 Å². The quantitative estimate of drug-likeness (QED) is 0.695. The van der Waals surface area contributed by atoms with E-state index in [1.807, 2.05) is 69.4 Å². The molecule has 0 spiro atoms. The van der Waals surface area contributed by atoms with E-state index < -0.39 is 0 Å². The average Bonchev–Trinajstić information content (AvgIpc) is 2.90. The summed E-state index contributed by atoms with van der Waals surface area (Å²) in [6, 6.07) is 14.1. The number of amides is 1. The van der Waals surface area contributed by atoms with Crippen LogP contribution >= 0.6 is 15.9 Å². The van der Waals surface area contributed by atoms with Crippen LogP contribution in [0.15, 0.2) is 53.1 Å². The predicted octanol–water partition coefficient (Wildman–Crippen LogP) is 4.61. The van der Waals surface area contributed by atoms with Gasteiger partial charge in [0.2, 0.25) is 5.91 Å². The molecular formula is C20H22BrN3O. The summed E-state index contributed by atoms with van der Waals surface area (Å²) in [4.78, 5) is 17.0. The van der Waals surface area contributed by atoms with Crippen molar-refractivity contribution in [2.24, 2.45) is 0 Å². The van der Waals surface area contributed by atoms with Crippen LogP contribution in [0.2, 0.25) is 0 Å². The summed E-state index contributed by atoms with van der Waals surface area (Å²) in [5.74, 6) is 0.0557. The van der Waals surface area contributed by atoms with Gasteiger partial charge in [-0.25, -0.2) is 4.98 Å². The molecule has 130 valence electrons. The summed E-state index contributed by atoms with van der Waals surface area (Å²) in [6.07, 6.45) is 3.07. The lowest BCUT2D eigenvalue weighted by atomic mass is 10.1. The number of rotatable bonds is 4. The number of carbonyl (C=O) groups excluding carboxylic acids is 1. The van der Waals surface area contributed by atoms with Crippen LogP contribution in [0.5, 0.6) is 0 Å². The first-order chi connectivity index (χ1) is 11.8. The van der Waals surface area contributed by atoms with Crippen LogP contribution < -0.4 is 5.32 Å². The molecule has 0 saturated carbocycles. The van der Waals surface area contributed by atoms with Gasteiger partial charge in [0.1, 0.15) is 5.65 Å². The molecule has 4 nitrogen and oxygen atoms in total. The number of hydrogen-bond acceptors (Lipinski definition) is 2. The zero-order chi connectivity index (χ0) is 18.0. The molecule has 3 rings (SSSR count). The fourth-order valence-electron chi connectivity index (χ4n) is 2.84. The number of nitrogens with one attached hydrogen (secondary N) is 1. The lowest BCUT2D eigenvalue weighted by Gasteiger charge is -2.20. The number of imidazole rings is 1. The van der Waals surface area contributed by atoms with Gasteiger partial charge >= 0.3 is 0 Å². The van der Waals surface area contributed by atoms with E-state index in [9.17, 15) is 4.79 Å². The Morgan fingerprint density at radius 3 is 2.56 bits per heavy atom. The summed E-state index contributed by atoms with van der Waals surface area (Å²) in [5, 5.41) is 3.02. The van der Waals surface area contributed by atoms with E-state index in [2.05, 4.69) is 25.6 Å². The van der Waals surface area contributed by atoms with Gasteiger partial charge < -0.3 is 9.72 Å². The number of nitrogens with zero attached hydrogens (tertiary/aromatic N) is 2. The summed E-state index contributed by atoms with van der Waals surface area (Å²) < 4.78 is 3.10. The minimum absolute atomic E-state index is 0.0557. The van der Waals surface area contributed by atoms with Crippen molar-refractivity contribution in [1.82, 2.24) is 14.7 Å². The number of fused-ring (bicyclic) bond motifs is 1. The molecule has 0 bridgehead atoms. The second-order valence-electron chi connectivity index (χ2n) is 7.14. The summed E-state index contributed by atoms with van der Waals surface area (Å²) in [6.45, 7) is 5.98. The van der Waals surface area contributed by atoms with Gasteiger partial charge in [0.15, 0.2) is 0 Å². The zero-order valence-electron chi connectivity index (χ0n) is 14.7. The summed E-state index contributed by atoms with van der Waals surface area (Å²) in [5.41, 5.74) is 3.72. The van der Waals surface area contributed by atoms with Gasteiger partial charge in [-0.3, -0.25) is 4.79 Å². The molecular weight excluding hydrogens is 378 g/mol. The molecule has 1 amide bonds. The highest BCUT2D eigenvalue weighted by molar-refractivity contribution is 9.10. The van der Waals surface area contributed by atoms with Gasteiger partial charge in [-0.1, -0.05) is 34.1 Å². The van der Waals surface area contributed by atoms with Gasteiger partial charge in [-0.05, 0) is 51.5 Å². The van der Waals surface area contributed by atoms with Crippen molar-refractivity contribution in [3.05, 3.63) is 58.8 Å². The first-order valence-electron chi connectivity index (χ1n) is 8.36. The number of pyridine rings is 1. The van der Waals surface area contributed by atoms with Gasteiger partial charge in [-0.15, -0.1) is 0 Å². The smallest absolute Gasteiger partial charge is 0.220 e. The number of aromatic nitrogens is 2. The number of hydrogen-bond donors (Lipinski definition) is 1. The molecule has 5 heteroatoms. The molecule has 0 unspecified atom stereocenters. The van der Waals surface area contributed by atoms with Crippen LogP contribution in [0.4, 0.5) is 0 Å². The van der Waals surface area contributed by atoms with E-state index in [4.69, 9.17) is 4.98 Å². The third kappa shape index (κ3) is 4.28. The van der Waals surface area contributed by atoms with Gasteiger partial charge in [0.05, 0.1) is 11.4 Å². The molecule has 2 aromatic heterocycles. The fraction of sp³-hybridized carbons (Fsp3) is 0.300. The highest BCUT2D eigenvalue weighted by atomic mass is 79.9. The molecule has 0 radical (unpaired) electrons. The molecule has 1 N–H and O–H groups in total. The molecule has 2 heterocycles. The van der Waals surface area contributed by atoms with Crippen molar-refractivity contribution in [3.8, 4) is 11.3 Å².